The highest BCUT2D eigenvalue weighted by atomic mass is 127. The van der Waals surface area contributed by atoms with Gasteiger partial charge in [0.25, 0.3) is 5.56 Å². The summed E-state index contributed by atoms with van der Waals surface area (Å²) in [6.07, 6.45) is 0.318. The predicted octanol–water partition coefficient (Wildman–Crippen LogP) is 0.382. The first-order valence-corrected chi connectivity index (χ1v) is 7.25. The number of nitrogens with zero attached hydrogens (tertiary/aromatic N) is 1. The number of aromatic amines is 1. The Bertz CT molecular complexity index is 528. The molecule has 1 aromatic heterocycles. The van der Waals surface area contributed by atoms with Crippen molar-refractivity contribution >= 4 is 38.5 Å². The zero-order valence-corrected chi connectivity index (χ0v) is 12.3. The number of halogens is 2. The highest BCUT2D eigenvalue weighted by Gasteiger charge is 2.34. The van der Waals surface area contributed by atoms with E-state index < -0.39 is 23.6 Å². The van der Waals surface area contributed by atoms with Crippen LogP contribution in [0.3, 0.4) is 0 Å². The summed E-state index contributed by atoms with van der Waals surface area (Å²) < 4.78 is 7.73. The van der Waals surface area contributed by atoms with Crippen LogP contribution in [0.4, 0.5) is 0 Å². The number of hydrogen-bond donors (Lipinski definition) is 2. The first-order chi connectivity index (χ1) is 8.02. The van der Waals surface area contributed by atoms with Crippen molar-refractivity contribution in [1.29, 1.82) is 0 Å². The molecule has 0 radical (unpaired) electrons. The van der Waals surface area contributed by atoms with Crippen LogP contribution in [0.25, 0.3) is 0 Å². The molecule has 0 aromatic carbocycles. The quantitative estimate of drug-likeness (QED) is 0.539. The molecule has 1 aromatic rings. The smallest absolute Gasteiger partial charge is 0.330 e. The van der Waals surface area contributed by atoms with E-state index in [4.69, 9.17) is 4.74 Å². The van der Waals surface area contributed by atoms with E-state index in [1.165, 1.54) is 10.8 Å². The number of hydrogen-bond acceptors (Lipinski definition) is 4. The normalized spacial score (nSPS) is 28.5. The fourth-order valence-corrected chi connectivity index (χ4v) is 2.81. The molecule has 3 atom stereocenters. The molecule has 6 nitrogen and oxygen atoms in total. The number of rotatable bonds is 2. The predicted molar refractivity (Wildman–Crippen MR) is 72.4 cm³/mol. The largest absolute Gasteiger partial charge is 0.390 e. The first kappa shape index (κ1) is 13.2. The molecule has 1 fully saturated rings. The molecule has 1 aliphatic rings. The molecule has 0 spiro atoms. The van der Waals surface area contributed by atoms with Crippen molar-refractivity contribution in [2.24, 2.45) is 0 Å². The van der Waals surface area contributed by atoms with Crippen LogP contribution < -0.4 is 11.2 Å². The second-order valence-corrected chi connectivity index (χ2v) is 5.47. The highest BCUT2D eigenvalue weighted by molar-refractivity contribution is 14.1. The maximum Gasteiger partial charge on any atom is 0.330 e. The lowest BCUT2D eigenvalue weighted by Crippen LogP contribution is -2.32. The lowest BCUT2D eigenvalue weighted by molar-refractivity contribution is -0.00619. The average Bonchev–Trinajstić information content (AvgIpc) is 2.65. The Balaban J connectivity index is 2.34. The summed E-state index contributed by atoms with van der Waals surface area (Å²) in [5.41, 5.74) is -1.01. The molecule has 2 rings (SSSR count). The Labute approximate surface area is 118 Å². The number of H-pyrrole nitrogens is 1. The molecular weight excluding hydrogens is 407 g/mol. The van der Waals surface area contributed by atoms with Crippen molar-refractivity contribution in [3.05, 3.63) is 31.5 Å². The Hall–Kier alpha value is -0.190. The van der Waals surface area contributed by atoms with Gasteiger partial charge in [-0.05, 0) is 15.9 Å². The summed E-state index contributed by atoms with van der Waals surface area (Å²) in [5.74, 6) is 0. The van der Waals surface area contributed by atoms with Crippen LogP contribution in [-0.2, 0) is 4.74 Å². The SMILES string of the molecule is O=c1[nH]c(=O)n([C@@H]2C[C@H](O)[C@@H](CI)O2)cc1Br. The van der Waals surface area contributed by atoms with E-state index >= 15 is 0 Å². The zero-order chi connectivity index (χ0) is 12.6. The van der Waals surface area contributed by atoms with Gasteiger partial charge >= 0.3 is 5.69 Å². The third kappa shape index (κ3) is 2.64. The van der Waals surface area contributed by atoms with Gasteiger partial charge in [-0.15, -0.1) is 0 Å². The van der Waals surface area contributed by atoms with E-state index in [2.05, 4.69) is 43.5 Å². The molecule has 0 bridgehead atoms. The Morgan fingerprint density at radius 3 is 2.94 bits per heavy atom. The molecule has 0 amide bonds. The second kappa shape index (κ2) is 5.21. The summed E-state index contributed by atoms with van der Waals surface area (Å²) in [6.45, 7) is 0. The van der Waals surface area contributed by atoms with Crippen LogP contribution in [0, 0.1) is 0 Å². The van der Waals surface area contributed by atoms with Crippen molar-refractivity contribution in [1.82, 2.24) is 9.55 Å². The third-order valence-corrected chi connectivity index (χ3v) is 4.02. The van der Waals surface area contributed by atoms with Gasteiger partial charge in [0.1, 0.15) is 6.23 Å². The van der Waals surface area contributed by atoms with Gasteiger partial charge in [-0.1, -0.05) is 22.6 Å². The summed E-state index contributed by atoms with van der Waals surface area (Å²) in [4.78, 5) is 25.0. The molecule has 1 saturated heterocycles. The number of aromatic nitrogens is 2. The maximum absolute atomic E-state index is 11.6. The Morgan fingerprint density at radius 2 is 2.35 bits per heavy atom. The average molecular weight is 417 g/mol. The minimum Gasteiger partial charge on any atom is -0.390 e. The summed E-state index contributed by atoms with van der Waals surface area (Å²) >= 11 is 5.17. The van der Waals surface area contributed by atoms with E-state index in [1.807, 2.05) is 0 Å². The molecule has 2 heterocycles. The lowest BCUT2D eigenvalue weighted by Gasteiger charge is -2.14. The first-order valence-electron chi connectivity index (χ1n) is 4.93. The van der Waals surface area contributed by atoms with Crippen molar-refractivity contribution < 1.29 is 9.84 Å². The van der Waals surface area contributed by atoms with E-state index in [-0.39, 0.29) is 10.6 Å². The molecule has 2 N–H and O–H groups in total. The fraction of sp³-hybridized carbons (Fsp3) is 0.556. The topological polar surface area (TPSA) is 84.3 Å². The van der Waals surface area contributed by atoms with E-state index in [9.17, 15) is 14.7 Å². The molecule has 0 aliphatic carbocycles. The minimum absolute atomic E-state index is 0.258. The van der Waals surface area contributed by atoms with Crippen LogP contribution >= 0.6 is 38.5 Å². The van der Waals surface area contributed by atoms with E-state index in [1.54, 1.807) is 0 Å². The van der Waals surface area contributed by atoms with Gasteiger partial charge in [-0.2, -0.15) is 0 Å². The summed E-state index contributed by atoms with van der Waals surface area (Å²) in [5, 5.41) is 9.71. The zero-order valence-electron chi connectivity index (χ0n) is 8.60. The molecule has 94 valence electrons. The van der Waals surface area contributed by atoms with Crippen LogP contribution in [0.1, 0.15) is 12.6 Å². The molecule has 0 unspecified atom stereocenters. The summed E-state index contributed by atoms with van der Waals surface area (Å²) in [6, 6.07) is 0. The number of alkyl halides is 1. The van der Waals surface area contributed by atoms with Gasteiger partial charge in [0.05, 0.1) is 16.7 Å². The van der Waals surface area contributed by atoms with Gasteiger partial charge < -0.3 is 9.84 Å². The molecular formula is C9H10BrIN2O4. The number of aliphatic hydroxyl groups is 1. The third-order valence-electron chi connectivity index (χ3n) is 2.59. The van der Waals surface area contributed by atoms with Crippen molar-refractivity contribution in [2.75, 3.05) is 4.43 Å². The van der Waals surface area contributed by atoms with Crippen LogP contribution in [-0.4, -0.2) is 31.3 Å². The van der Waals surface area contributed by atoms with E-state index in [0.717, 1.165) is 0 Å². The number of aliphatic hydroxyl groups excluding tert-OH is 1. The molecule has 0 saturated carbocycles. The second-order valence-electron chi connectivity index (χ2n) is 3.73. The minimum atomic E-state index is -0.588. The fourth-order valence-electron chi connectivity index (χ4n) is 1.70. The molecule has 17 heavy (non-hydrogen) atoms. The highest BCUT2D eigenvalue weighted by Crippen LogP contribution is 2.28. The Kier molecular flexibility index (Phi) is 4.06. The maximum atomic E-state index is 11.6. The molecule has 1 aliphatic heterocycles. The van der Waals surface area contributed by atoms with Gasteiger partial charge in [0, 0.05) is 17.0 Å². The van der Waals surface area contributed by atoms with E-state index in [0.29, 0.717) is 10.8 Å². The van der Waals surface area contributed by atoms with Gasteiger partial charge in [0.15, 0.2) is 0 Å². The number of ether oxygens (including phenoxy) is 1. The number of nitrogens with one attached hydrogen (secondary N) is 1. The lowest BCUT2D eigenvalue weighted by atomic mass is 10.2. The van der Waals surface area contributed by atoms with Crippen molar-refractivity contribution in [2.45, 2.75) is 24.9 Å². The summed E-state index contributed by atoms with van der Waals surface area (Å²) in [7, 11) is 0. The van der Waals surface area contributed by atoms with Gasteiger partial charge in [-0.25, -0.2) is 4.79 Å². The monoisotopic (exact) mass is 416 g/mol. The van der Waals surface area contributed by atoms with Crippen LogP contribution in [0.5, 0.6) is 0 Å². The van der Waals surface area contributed by atoms with Gasteiger partial charge in [0.2, 0.25) is 0 Å². The Morgan fingerprint density at radius 1 is 1.65 bits per heavy atom. The van der Waals surface area contributed by atoms with Crippen molar-refractivity contribution in [3.63, 3.8) is 0 Å². The molecule has 8 heteroatoms. The van der Waals surface area contributed by atoms with Gasteiger partial charge in [-0.3, -0.25) is 14.3 Å². The standard InChI is InChI=1S/C9H10BrIN2O4/c10-4-3-13(9(16)12-8(4)15)7-1-5(14)6(2-11)17-7/h3,5-7,14H,1-2H2,(H,12,15,16)/t5-,6+,7-/m0/s1. The van der Waals surface area contributed by atoms with Crippen molar-refractivity contribution in [3.8, 4) is 0 Å². The van der Waals surface area contributed by atoms with Crippen LogP contribution in [0.2, 0.25) is 0 Å². The van der Waals surface area contributed by atoms with Crippen LogP contribution in [0.15, 0.2) is 20.3 Å².